The van der Waals surface area contributed by atoms with Crippen molar-refractivity contribution in [3.8, 4) is 0 Å². The van der Waals surface area contributed by atoms with E-state index < -0.39 is 6.04 Å². The second kappa shape index (κ2) is 8.13. The van der Waals surface area contributed by atoms with Gasteiger partial charge < -0.3 is 15.2 Å². The van der Waals surface area contributed by atoms with Crippen molar-refractivity contribution < 1.29 is 14.6 Å². The maximum absolute atomic E-state index is 12.3. The Hall–Kier alpha value is -1.39. The van der Waals surface area contributed by atoms with Crippen LogP contribution in [0.1, 0.15) is 45.6 Å². The van der Waals surface area contributed by atoms with Gasteiger partial charge in [0.1, 0.15) is 12.1 Å². The molecule has 1 aliphatic carbocycles. The summed E-state index contributed by atoms with van der Waals surface area (Å²) in [5.74, 6) is 0.469. The Morgan fingerprint density at radius 3 is 2.58 bits per heavy atom. The number of benzene rings is 1. The number of hydrogen-bond donors (Lipinski definition) is 2. The van der Waals surface area contributed by atoms with E-state index >= 15 is 0 Å². The third-order valence-electron chi connectivity index (χ3n) is 5.58. The van der Waals surface area contributed by atoms with Crippen LogP contribution >= 0.6 is 0 Å². The van der Waals surface area contributed by atoms with E-state index in [0.717, 1.165) is 19.3 Å². The van der Waals surface area contributed by atoms with E-state index in [4.69, 9.17) is 4.74 Å². The number of rotatable bonds is 6. The molecule has 0 unspecified atom stereocenters. The highest BCUT2D eigenvalue weighted by atomic mass is 16.5. The minimum absolute atomic E-state index is 0.0687. The van der Waals surface area contributed by atoms with E-state index in [1.165, 1.54) is 5.56 Å². The molecule has 0 aromatic heterocycles. The summed E-state index contributed by atoms with van der Waals surface area (Å²) >= 11 is 0. The van der Waals surface area contributed by atoms with Gasteiger partial charge in [0.05, 0.1) is 6.61 Å². The van der Waals surface area contributed by atoms with Crippen LogP contribution in [-0.4, -0.2) is 36.9 Å². The predicted octanol–water partition coefficient (Wildman–Crippen LogP) is 2.89. The van der Waals surface area contributed by atoms with Gasteiger partial charge in [-0.25, -0.2) is 0 Å². The van der Waals surface area contributed by atoms with Crippen molar-refractivity contribution in [3.63, 3.8) is 0 Å². The van der Waals surface area contributed by atoms with Crippen LogP contribution in [0.5, 0.6) is 0 Å². The number of aliphatic hydroxyl groups excluding tert-OH is 1. The van der Waals surface area contributed by atoms with Gasteiger partial charge in [-0.05, 0) is 36.8 Å². The summed E-state index contributed by atoms with van der Waals surface area (Å²) in [5, 5.41) is 12.1. The number of carbonyl (C=O) groups is 1. The molecule has 0 amide bonds. The smallest absolute Gasteiger partial charge is 0.325 e. The summed E-state index contributed by atoms with van der Waals surface area (Å²) in [6.45, 7) is 6.45. The summed E-state index contributed by atoms with van der Waals surface area (Å²) in [6.07, 6.45) is 2.97. The lowest BCUT2D eigenvalue weighted by molar-refractivity contribution is -0.160. The molecular weight excluding hydrogens is 302 g/mol. The van der Waals surface area contributed by atoms with Crippen LogP contribution in [-0.2, 0) is 14.9 Å². The van der Waals surface area contributed by atoms with Gasteiger partial charge >= 0.3 is 5.97 Å². The first-order valence-electron chi connectivity index (χ1n) is 8.94. The van der Waals surface area contributed by atoms with Gasteiger partial charge in [-0.3, -0.25) is 4.79 Å². The molecule has 1 saturated carbocycles. The molecule has 4 heteroatoms. The lowest BCUT2D eigenvalue weighted by Crippen LogP contribution is -2.47. The highest BCUT2D eigenvalue weighted by Crippen LogP contribution is 2.43. The largest absolute Gasteiger partial charge is 0.461 e. The molecule has 1 aliphatic rings. The Balaban J connectivity index is 2.21. The summed E-state index contributed by atoms with van der Waals surface area (Å²) in [4.78, 5) is 12.3. The van der Waals surface area contributed by atoms with Crippen molar-refractivity contribution >= 4 is 5.97 Å². The van der Waals surface area contributed by atoms with E-state index in [0.29, 0.717) is 5.92 Å². The molecule has 0 spiro atoms. The number of ether oxygens (including phenoxy) is 1. The topological polar surface area (TPSA) is 58.6 Å². The Labute approximate surface area is 145 Å². The highest BCUT2D eigenvalue weighted by molar-refractivity contribution is 5.76. The molecule has 0 saturated heterocycles. The van der Waals surface area contributed by atoms with Crippen molar-refractivity contribution in [2.45, 2.75) is 57.6 Å². The van der Waals surface area contributed by atoms with Crippen LogP contribution in [0.25, 0.3) is 0 Å². The quantitative estimate of drug-likeness (QED) is 0.786. The average Bonchev–Trinajstić information content (AvgIpc) is 2.56. The van der Waals surface area contributed by atoms with Crippen molar-refractivity contribution in [2.24, 2.45) is 11.8 Å². The molecule has 0 aliphatic heterocycles. The maximum atomic E-state index is 12.3. The zero-order valence-electron chi connectivity index (χ0n) is 15.3. The number of hydrogen-bond acceptors (Lipinski definition) is 4. The molecule has 1 aromatic rings. The third-order valence-corrected chi connectivity index (χ3v) is 5.58. The molecule has 1 fully saturated rings. The van der Waals surface area contributed by atoms with Crippen LogP contribution in [0.4, 0.5) is 0 Å². The van der Waals surface area contributed by atoms with Gasteiger partial charge in [-0.2, -0.15) is 0 Å². The summed E-state index contributed by atoms with van der Waals surface area (Å²) in [5.41, 5.74) is 1.21. The molecule has 1 aromatic carbocycles. The summed E-state index contributed by atoms with van der Waals surface area (Å²) < 4.78 is 5.86. The zero-order valence-corrected chi connectivity index (χ0v) is 15.3. The highest BCUT2D eigenvalue weighted by Gasteiger charge is 2.42. The van der Waals surface area contributed by atoms with Crippen LogP contribution < -0.4 is 5.32 Å². The van der Waals surface area contributed by atoms with E-state index in [1.807, 2.05) is 6.07 Å². The van der Waals surface area contributed by atoms with Crippen molar-refractivity contribution in [2.75, 3.05) is 13.7 Å². The first kappa shape index (κ1) is 18.9. The molecule has 2 rings (SSSR count). The minimum atomic E-state index is -0.650. The van der Waals surface area contributed by atoms with Gasteiger partial charge in [-0.15, -0.1) is 0 Å². The zero-order chi connectivity index (χ0) is 17.7. The fraction of sp³-hybridized carbons (Fsp3) is 0.650. The van der Waals surface area contributed by atoms with Crippen molar-refractivity contribution in [1.82, 2.24) is 5.32 Å². The average molecular weight is 333 g/mol. The summed E-state index contributed by atoms with van der Waals surface area (Å²) in [6, 6.07) is 9.81. The lowest BCUT2D eigenvalue weighted by Gasteiger charge is -2.44. The standard InChI is InChI=1S/C20H31NO3/c1-14-10-11-16(20(2,3)15-8-6-5-7-9-15)18(12-14)24-19(23)17(13-22)21-4/h5-9,14,16-18,21-22H,10-13H2,1-4H3/t14-,16-,17-,18-/m1/s1. The molecule has 2 N–H and O–H groups in total. The SMILES string of the molecule is CN[C@H](CO)C(=O)O[C@@H]1C[C@H](C)CC[C@H]1C(C)(C)c1ccccc1. The molecule has 0 bridgehead atoms. The Bertz CT molecular complexity index is 525. The van der Waals surface area contributed by atoms with Gasteiger partial charge in [0, 0.05) is 5.92 Å². The van der Waals surface area contributed by atoms with Gasteiger partial charge in [0.2, 0.25) is 0 Å². The second-order valence-electron chi connectivity index (χ2n) is 7.61. The fourth-order valence-electron chi connectivity index (χ4n) is 3.88. The van der Waals surface area contributed by atoms with Gasteiger partial charge in [0.15, 0.2) is 0 Å². The van der Waals surface area contributed by atoms with Crippen molar-refractivity contribution in [3.05, 3.63) is 35.9 Å². The van der Waals surface area contributed by atoms with E-state index in [9.17, 15) is 9.90 Å². The second-order valence-corrected chi connectivity index (χ2v) is 7.61. The van der Waals surface area contributed by atoms with Crippen LogP contribution in [0.15, 0.2) is 30.3 Å². The number of likely N-dealkylation sites (N-methyl/N-ethyl adjacent to an activating group) is 1. The number of aliphatic hydroxyl groups is 1. The summed E-state index contributed by atoms with van der Waals surface area (Å²) in [7, 11) is 1.66. The van der Waals surface area contributed by atoms with Crippen LogP contribution in [0.2, 0.25) is 0 Å². The van der Waals surface area contributed by atoms with E-state index in [1.54, 1.807) is 7.05 Å². The minimum Gasteiger partial charge on any atom is -0.461 e. The lowest BCUT2D eigenvalue weighted by atomic mass is 9.64. The molecule has 0 radical (unpaired) electrons. The molecule has 0 heterocycles. The van der Waals surface area contributed by atoms with E-state index in [-0.39, 0.29) is 30.0 Å². The van der Waals surface area contributed by atoms with Crippen LogP contribution in [0.3, 0.4) is 0 Å². The normalized spacial score (nSPS) is 26.0. The van der Waals surface area contributed by atoms with Crippen molar-refractivity contribution in [1.29, 1.82) is 0 Å². The number of carbonyl (C=O) groups excluding carboxylic acids is 1. The molecular formula is C20H31NO3. The van der Waals surface area contributed by atoms with Gasteiger partial charge in [-0.1, -0.05) is 57.5 Å². The van der Waals surface area contributed by atoms with E-state index in [2.05, 4.69) is 50.4 Å². The van der Waals surface area contributed by atoms with Gasteiger partial charge in [0.25, 0.3) is 0 Å². The molecule has 24 heavy (non-hydrogen) atoms. The third kappa shape index (κ3) is 4.17. The molecule has 4 atom stereocenters. The molecule has 134 valence electrons. The predicted molar refractivity (Wildman–Crippen MR) is 95.8 cm³/mol. The number of esters is 1. The Kier molecular flexibility index (Phi) is 6.41. The Morgan fingerprint density at radius 2 is 2.00 bits per heavy atom. The molecule has 4 nitrogen and oxygen atoms in total. The number of nitrogens with one attached hydrogen (secondary N) is 1. The maximum Gasteiger partial charge on any atom is 0.325 e. The van der Waals surface area contributed by atoms with Crippen LogP contribution in [0, 0.1) is 11.8 Å². The monoisotopic (exact) mass is 333 g/mol. The Morgan fingerprint density at radius 1 is 1.33 bits per heavy atom. The fourth-order valence-corrected chi connectivity index (χ4v) is 3.88. The first-order valence-corrected chi connectivity index (χ1v) is 8.94. The first-order chi connectivity index (χ1) is 11.4.